The molecule has 3 fully saturated rings. The van der Waals surface area contributed by atoms with E-state index in [1.807, 2.05) is 12.1 Å². The monoisotopic (exact) mass is 795 g/mol. The molecule has 6 rings (SSSR count). The van der Waals surface area contributed by atoms with Gasteiger partial charge in [0.25, 0.3) is 5.91 Å². The van der Waals surface area contributed by atoms with Crippen LogP contribution in [0.3, 0.4) is 0 Å². The average molecular weight is 796 g/mol. The number of hydrogen-bond donors (Lipinski definition) is 0. The highest BCUT2D eigenvalue weighted by Gasteiger charge is 2.63. The molecule has 0 radical (unpaired) electrons. The summed E-state index contributed by atoms with van der Waals surface area (Å²) < 4.78 is 12.3. The number of Topliss-reactive ketones (excluding diaryl/α,β-unsaturated/α-hetero) is 3. The molecule has 57 heavy (non-hydrogen) atoms. The zero-order chi connectivity index (χ0) is 40.9. The molecular weight excluding hydrogens is 742 g/mol. The van der Waals surface area contributed by atoms with Crippen LogP contribution in [0.1, 0.15) is 98.9 Å². The topological polar surface area (TPSA) is 133 Å². The Hall–Kier alpha value is -4.79. The second-order valence-corrected chi connectivity index (χ2v) is 17.3. The first kappa shape index (κ1) is 41.8. The molecule has 302 valence electrons. The third kappa shape index (κ3) is 9.51. The highest BCUT2D eigenvalue weighted by molar-refractivity contribution is 6.31. The first-order chi connectivity index (χ1) is 27.2. The minimum absolute atomic E-state index is 0.0593. The molecule has 1 atom stereocenters. The molecule has 12 heteroatoms. The summed E-state index contributed by atoms with van der Waals surface area (Å²) in [4.78, 5) is 61.2. The van der Waals surface area contributed by atoms with Gasteiger partial charge in [-0.15, -0.1) is 0 Å². The first-order valence-corrected chi connectivity index (χ1v) is 20.4. The maximum Gasteiger partial charge on any atom is 0.254 e. The normalized spacial score (nSPS) is 21.6. The number of unbranched alkanes of at least 4 members (excludes halogenated alkanes) is 2. The summed E-state index contributed by atoms with van der Waals surface area (Å²) in [5.74, 6) is 1.92. The number of hydrogen-bond acceptors (Lipinski definition) is 10. The van der Waals surface area contributed by atoms with Crippen molar-refractivity contribution >= 4 is 40.7 Å². The van der Waals surface area contributed by atoms with E-state index in [-0.39, 0.29) is 52.5 Å². The van der Waals surface area contributed by atoms with E-state index in [1.54, 1.807) is 55.7 Å². The summed E-state index contributed by atoms with van der Waals surface area (Å²) in [6.07, 6.45) is 5.68. The molecule has 3 aliphatic rings. The molecule has 2 heterocycles. The minimum atomic E-state index is -0.547. The van der Waals surface area contributed by atoms with Gasteiger partial charge in [-0.1, -0.05) is 39.3 Å². The lowest BCUT2D eigenvalue weighted by molar-refractivity contribution is -0.196. The Balaban J connectivity index is 0.870. The number of rotatable bonds is 15. The van der Waals surface area contributed by atoms with E-state index in [4.69, 9.17) is 26.1 Å². The van der Waals surface area contributed by atoms with Crippen LogP contribution >= 0.6 is 11.6 Å². The van der Waals surface area contributed by atoms with Gasteiger partial charge in [-0.2, -0.15) is 5.26 Å². The Kier molecular flexibility index (Phi) is 13.0. The third-order valence-electron chi connectivity index (χ3n) is 12.3. The molecule has 1 aliphatic heterocycles. The van der Waals surface area contributed by atoms with E-state index in [1.165, 1.54) is 4.90 Å². The Morgan fingerprint density at radius 2 is 1.61 bits per heavy atom. The van der Waals surface area contributed by atoms with Crippen molar-refractivity contribution in [1.82, 2.24) is 14.8 Å². The molecule has 1 amide bonds. The van der Waals surface area contributed by atoms with Crippen molar-refractivity contribution in [2.24, 2.45) is 16.7 Å². The van der Waals surface area contributed by atoms with Crippen LogP contribution in [-0.2, 0) is 9.59 Å². The van der Waals surface area contributed by atoms with Crippen LogP contribution < -0.4 is 14.4 Å². The van der Waals surface area contributed by atoms with Gasteiger partial charge in [-0.05, 0) is 86.7 Å². The number of nitriles is 1. The van der Waals surface area contributed by atoms with E-state index in [0.29, 0.717) is 59.1 Å². The van der Waals surface area contributed by atoms with Crippen molar-refractivity contribution in [2.45, 2.75) is 84.8 Å². The fourth-order valence-electron chi connectivity index (χ4n) is 9.17. The number of halogens is 1. The molecule has 0 spiro atoms. The van der Waals surface area contributed by atoms with Gasteiger partial charge in [0.1, 0.15) is 35.3 Å². The number of nitrogens with zero attached hydrogens (tertiary/aromatic N) is 5. The van der Waals surface area contributed by atoms with Crippen LogP contribution in [0.4, 0.5) is 5.82 Å². The van der Waals surface area contributed by atoms with Crippen LogP contribution in [0.2, 0.25) is 5.02 Å². The second kappa shape index (κ2) is 17.8. The summed E-state index contributed by atoms with van der Waals surface area (Å²) in [5, 5.41) is 9.57. The van der Waals surface area contributed by atoms with Crippen molar-refractivity contribution in [2.75, 3.05) is 51.3 Å². The summed E-state index contributed by atoms with van der Waals surface area (Å²) in [7, 11) is 1.62. The van der Waals surface area contributed by atoms with Crippen LogP contribution in [0.25, 0.3) is 0 Å². The Morgan fingerprint density at radius 1 is 0.930 bits per heavy atom. The lowest BCUT2D eigenvalue weighted by Gasteiger charge is -2.63. The molecule has 0 N–H and O–H groups in total. The second-order valence-electron chi connectivity index (χ2n) is 16.9. The highest BCUT2D eigenvalue weighted by Crippen LogP contribution is 2.61. The van der Waals surface area contributed by atoms with Gasteiger partial charge in [0.2, 0.25) is 0 Å². The van der Waals surface area contributed by atoms with E-state index in [2.05, 4.69) is 43.6 Å². The van der Waals surface area contributed by atoms with Crippen molar-refractivity contribution in [1.29, 1.82) is 5.26 Å². The highest BCUT2D eigenvalue weighted by atomic mass is 35.5. The van der Waals surface area contributed by atoms with Gasteiger partial charge in [-0.25, -0.2) is 4.98 Å². The standard InChI is InChI=1S/C45H54ClN5O6/c1-44(2)40(45(3,4)43(44)57-35-16-11-31(28-47)36(46)26-35)27-38(53)32-12-18-41(48-29-32)51-22-20-50(21-23-51)19-7-6-8-24-56-34-14-9-30(10-15-34)42(55)49(5)37-17-13-33(52)25-39(37)54/h9-12,14-16,18,26,29,37,40,43H,6-8,13,17,19-25,27H2,1-5H3. The Bertz CT molecular complexity index is 1970. The summed E-state index contributed by atoms with van der Waals surface area (Å²) in [6, 6.07) is 17.5. The number of ether oxygens (including phenoxy) is 2. The summed E-state index contributed by atoms with van der Waals surface area (Å²) in [6.45, 7) is 13.9. The first-order valence-electron chi connectivity index (χ1n) is 20.1. The van der Waals surface area contributed by atoms with Gasteiger partial charge >= 0.3 is 0 Å². The SMILES string of the molecule is CN(C(=O)c1ccc(OCCCCCN2CCN(c3ccc(C(=O)CC4C(C)(C)C(Oc5ccc(C#N)c(Cl)c5)C4(C)C)cn3)CC2)cc1)C1CCC(=O)CC1=O. The van der Waals surface area contributed by atoms with Gasteiger partial charge in [0.05, 0.1) is 29.7 Å². The molecule has 2 aromatic carbocycles. The Labute approximate surface area is 341 Å². The smallest absolute Gasteiger partial charge is 0.254 e. The van der Waals surface area contributed by atoms with Gasteiger partial charge in [-0.3, -0.25) is 24.1 Å². The maximum absolute atomic E-state index is 13.5. The largest absolute Gasteiger partial charge is 0.494 e. The molecule has 11 nitrogen and oxygen atoms in total. The summed E-state index contributed by atoms with van der Waals surface area (Å²) >= 11 is 6.25. The molecule has 2 aliphatic carbocycles. The number of carbonyl (C=O) groups is 4. The molecule has 1 saturated heterocycles. The molecule has 3 aromatic rings. The average Bonchev–Trinajstić information content (AvgIpc) is 3.20. The molecule has 0 bridgehead atoms. The van der Waals surface area contributed by atoms with Crippen LogP contribution in [-0.4, -0.2) is 96.6 Å². The number of amides is 1. The maximum atomic E-state index is 13.5. The van der Waals surface area contributed by atoms with Crippen LogP contribution in [0.5, 0.6) is 11.5 Å². The van der Waals surface area contributed by atoms with Gasteiger partial charge in [0, 0.05) is 80.3 Å². The number of carbonyl (C=O) groups excluding carboxylic acids is 4. The number of benzene rings is 2. The number of pyridine rings is 1. The zero-order valence-electron chi connectivity index (χ0n) is 33.8. The summed E-state index contributed by atoms with van der Waals surface area (Å²) in [5.41, 5.74) is 1.02. The number of likely N-dealkylation sites (N-methyl/N-ethyl adjacent to an activating group) is 1. The predicted octanol–water partition coefficient (Wildman–Crippen LogP) is 7.44. The molecular formula is C45H54ClN5O6. The van der Waals surface area contributed by atoms with Crippen molar-refractivity contribution in [3.05, 3.63) is 82.5 Å². The van der Waals surface area contributed by atoms with Gasteiger partial charge in [0.15, 0.2) is 11.6 Å². The molecule has 2 saturated carbocycles. The molecule has 1 aromatic heterocycles. The van der Waals surface area contributed by atoms with E-state index in [0.717, 1.165) is 57.8 Å². The quantitative estimate of drug-likeness (QED) is 0.0869. The third-order valence-corrected chi connectivity index (χ3v) is 12.6. The lowest BCUT2D eigenvalue weighted by Crippen LogP contribution is -2.66. The Morgan fingerprint density at radius 3 is 2.25 bits per heavy atom. The zero-order valence-corrected chi connectivity index (χ0v) is 34.5. The van der Waals surface area contributed by atoms with Crippen molar-refractivity contribution in [3.8, 4) is 17.6 Å². The van der Waals surface area contributed by atoms with E-state index in [9.17, 15) is 24.4 Å². The number of aromatic nitrogens is 1. The molecule has 1 unspecified atom stereocenters. The van der Waals surface area contributed by atoms with E-state index < -0.39 is 6.04 Å². The number of ketones is 3. The van der Waals surface area contributed by atoms with Crippen molar-refractivity contribution < 1.29 is 28.7 Å². The van der Waals surface area contributed by atoms with Crippen LogP contribution in [0, 0.1) is 28.1 Å². The number of piperazine rings is 1. The number of anilines is 1. The van der Waals surface area contributed by atoms with Gasteiger partial charge < -0.3 is 19.3 Å². The lowest BCUT2D eigenvalue weighted by atomic mass is 9.44. The minimum Gasteiger partial charge on any atom is -0.494 e. The fraction of sp³-hybridized carbons (Fsp3) is 0.511. The van der Waals surface area contributed by atoms with Crippen molar-refractivity contribution in [3.63, 3.8) is 0 Å². The van der Waals surface area contributed by atoms with E-state index >= 15 is 0 Å². The fourth-order valence-corrected chi connectivity index (χ4v) is 9.38. The van der Waals surface area contributed by atoms with Crippen LogP contribution in [0.15, 0.2) is 60.8 Å². The predicted molar refractivity (Wildman–Crippen MR) is 219 cm³/mol.